The highest BCUT2D eigenvalue weighted by atomic mass is 19.1. The van der Waals surface area contributed by atoms with Gasteiger partial charge in [0, 0.05) is 88.5 Å². The molecule has 0 aliphatic carbocycles. The van der Waals surface area contributed by atoms with Gasteiger partial charge in [0.1, 0.15) is 0 Å². The number of hydrogen-bond acceptors (Lipinski definition) is 7. The largest absolute Gasteiger partial charge is 0.369 e. The lowest BCUT2D eigenvalue weighted by Crippen LogP contribution is -2.49. The summed E-state index contributed by atoms with van der Waals surface area (Å²) >= 11 is 0. The summed E-state index contributed by atoms with van der Waals surface area (Å²) in [7, 11) is 1.71. The molecule has 1 atom stereocenters. The molecule has 0 saturated carbocycles. The number of benzene rings is 1. The maximum atomic E-state index is 14.3. The van der Waals surface area contributed by atoms with Gasteiger partial charge in [-0.15, -0.1) is 0 Å². The van der Waals surface area contributed by atoms with E-state index < -0.39 is 5.82 Å². The molecule has 36 heavy (non-hydrogen) atoms. The third-order valence-corrected chi connectivity index (χ3v) is 7.32. The van der Waals surface area contributed by atoms with Crippen molar-refractivity contribution in [2.75, 3.05) is 55.6 Å². The van der Waals surface area contributed by atoms with Crippen LogP contribution in [-0.4, -0.2) is 71.3 Å². The molecule has 4 heterocycles. The van der Waals surface area contributed by atoms with E-state index in [-0.39, 0.29) is 17.2 Å². The third-order valence-electron chi connectivity index (χ3n) is 7.32. The summed E-state index contributed by atoms with van der Waals surface area (Å²) in [6.07, 6.45) is 2.65. The fourth-order valence-electron chi connectivity index (χ4n) is 5.10. The van der Waals surface area contributed by atoms with E-state index in [1.165, 1.54) is 28.1 Å². The predicted octanol–water partition coefficient (Wildman–Crippen LogP) is 2.66. The van der Waals surface area contributed by atoms with Crippen LogP contribution in [-0.2, 0) is 7.05 Å². The minimum atomic E-state index is -0.493. The van der Waals surface area contributed by atoms with Crippen LogP contribution in [0.25, 0.3) is 11.3 Å². The summed E-state index contributed by atoms with van der Waals surface area (Å²) in [6.45, 7) is 10.9. The highest BCUT2D eigenvalue weighted by Gasteiger charge is 2.25. The van der Waals surface area contributed by atoms with Gasteiger partial charge in [-0.2, -0.15) is 0 Å². The van der Waals surface area contributed by atoms with Crippen LogP contribution < -0.4 is 20.7 Å². The fourth-order valence-corrected chi connectivity index (χ4v) is 5.10. The number of pyridine rings is 1. The van der Waals surface area contributed by atoms with Crippen molar-refractivity contribution >= 4 is 11.6 Å². The first-order valence-corrected chi connectivity index (χ1v) is 12.7. The highest BCUT2D eigenvalue weighted by Crippen LogP contribution is 2.26. The van der Waals surface area contributed by atoms with Crippen molar-refractivity contribution < 1.29 is 4.39 Å². The minimum Gasteiger partial charge on any atom is -0.369 e. The Labute approximate surface area is 211 Å². The standard InChI is InChI=1S/C27H34FN7O/c1-19(2)33-12-14-34(15-13-33)21-6-4-20(5-7-21)25-18-35(11-10-30-25)27-31-24(16-26(36)32(27)3)22-8-9-29-17-23(22)28/h4-9,16-17,19,25,30H,10-15,18H2,1-3H3/t25-/m1/s1. The summed E-state index contributed by atoms with van der Waals surface area (Å²) in [5, 5.41) is 3.60. The molecular weight excluding hydrogens is 457 g/mol. The Hall–Kier alpha value is -3.30. The second-order valence-electron chi connectivity index (χ2n) is 9.86. The van der Waals surface area contributed by atoms with Gasteiger partial charge in [-0.05, 0) is 37.6 Å². The molecule has 0 bridgehead atoms. The van der Waals surface area contributed by atoms with Gasteiger partial charge < -0.3 is 15.1 Å². The van der Waals surface area contributed by atoms with Gasteiger partial charge >= 0.3 is 0 Å². The van der Waals surface area contributed by atoms with E-state index in [1.54, 1.807) is 13.1 Å². The molecule has 2 aromatic heterocycles. The molecule has 8 nitrogen and oxygen atoms in total. The Morgan fingerprint density at radius 3 is 2.47 bits per heavy atom. The average molecular weight is 492 g/mol. The molecule has 2 aliphatic rings. The summed E-state index contributed by atoms with van der Waals surface area (Å²) in [4.78, 5) is 28.3. The quantitative estimate of drug-likeness (QED) is 0.589. The summed E-state index contributed by atoms with van der Waals surface area (Å²) < 4.78 is 15.9. The zero-order valence-electron chi connectivity index (χ0n) is 21.2. The molecule has 0 unspecified atom stereocenters. The highest BCUT2D eigenvalue weighted by molar-refractivity contribution is 5.60. The van der Waals surface area contributed by atoms with Crippen LogP contribution in [0.3, 0.4) is 0 Å². The van der Waals surface area contributed by atoms with Crippen LogP contribution in [0.2, 0.25) is 0 Å². The third kappa shape index (κ3) is 4.99. The van der Waals surface area contributed by atoms with Gasteiger partial charge in [0.2, 0.25) is 5.95 Å². The fraction of sp³-hybridized carbons (Fsp3) is 0.444. The lowest BCUT2D eigenvalue weighted by molar-refractivity contribution is 0.209. The van der Waals surface area contributed by atoms with Gasteiger partial charge in [0.15, 0.2) is 5.82 Å². The molecule has 3 aromatic rings. The predicted molar refractivity (Wildman–Crippen MR) is 141 cm³/mol. The van der Waals surface area contributed by atoms with Crippen LogP contribution in [0.5, 0.6) is 0 Å². The molecule has 5 rings (SSSR count). The summed E-state index contributed by atoms with van der Waals surface area (Å²) in [5.74, 6) is 0.0490. The Morgan fingerprint density at radius 2 is 1.78 bits per heavy atom. The number of piperazine rings is 2. The van der Waals surface area contributed by atoms with Gasteiger partial charge in [0.05, 0.1) is 11.9 Å². The molecule has 0 radical (unpaired) electrons. The Morgan fingerprint density at radius 1 is 1.03 bits per heavy atom. The number of nitrogens with one attached hydrogen (secondary N) is 1. The first-order chi connectivity index (χ1) is 17.4. The zero-order chi connectivity index (χ0) is 25.2. The van der Waals surface area contributed by atoms with Crippen molar-refractivity contribution in [3.8, 4) is 11.3 Å². The molecule has 2 saturated heterocycles. The van der Waals surface area contributed by atoms with E-state index in [1.807, 2.05) is 0 Å². The maximum Gasteiger partial charge on any atom is 0.255 e. The minimum absolute atomic E-state index is 0.101. The van der Waals surface area contributed by atoms with E-state index in [9.17, 15) is 9.18 Å². The topological polar surface area (TPSA) is 69.5 Å². The molecule has 190 valence electrons. The molecule has 9 heteroatoms. The van der Waals surface area contributed by atoms with E-state index in [0.29, 0.717) is 30.8 Å². The smallest absolute Gasteiger partial charge is 0.255 e. The zero-order valence-corrected chi connectivity index (χ0v) is 21.2. The SMILES string of the molecule is CC(C)N1CCN(c2ccc([C@H]3CN(c4nc(-c5ccncc5F)cc(=O)n4C)CCN3)cc2)CC1. The normalized spacial score (nSPS) is 19.2. The van der Waals surface area contributed by atoms with Gasteiger partial charge in [-0.1, -0.05) is 12.1 Å². The molecule has 1 N–H and O–H groups in total. The Kier molecular flexibility index (Phi) is 7.02. The number of rotatable bonds is 5. The first-order valence-electron chi connectivity index (χ1n) is 12.7. The molecule has 2 fully saturated rings. The Bertz CT molecular complexity index is 1250. The van der Waals surface area contributed by atoms with Crippen LogP contribution in [0.1, 0.15) is 25.5 Å². The second kappa shape index (κ2) is 10.4. The molecule has 0 spiro atoms. The lowest BCUT2D eigenvalue weighted by Gasteiger charge is -2.38. The van der Waals surface area contributed by atoms with Crippen molar-refractivity contribution in [2.24, 2.45) is 7.05 Å². The van der Waals surface area contributed by atoms with Crippen LogP contribution in [0.4, 0.5) is 16.0 Å². The molecular formula is C27H34FN7O. The number of halogens is 1. The Balaban J connectivity index is 1.32. The number of anilines is 2. The maximum absolute atomic E-state index is 14.3. The van der Waals surface area contributed by atoms with E-state index in [2.05, 4.69) is 63.1 Å². The number of nitrogens with zero attached hydrogens (tertiary/aromatic N) is 6. The molecule has 1 aromatic carbocycles. The van der Waals surface area contributed by atoms with Gasteiger partial charge in [0.25, 0.3) is 5.56 Å². The van der Waals surface area contributed by atoms with Crippen LogP contribution >= 0.6 is 0 Å². The van der Waals surface area contributed by atoms with Crippen molar-refractivity contribution in [1.82, 2.24) is 24.8 Å². The lowest BCUT2D eigenvalue weighted by atomic mass is 10.0. The van der Waals surface area contributed by atoms with E-state index in [0.717, 1.165) is 38.9 Å². The van der Waals surface area contributed by atoms with Crippen LogP contribution in [0.15, 0.2) is 53.6 Å². The first kappa shape index (κ1) is 24.4. The van der Waals surface area contributed by atoms with E-state index >= 15 is 0 Å². The molecule has 2 aliphatic heterocycles. The number of aromatic nitrogens is 3. The number of hydrogen-bond donors (Lipinski definition) is 1. The van der Waals surface area contributed by atoms with Crippen molar-refractivity contribution in [3.63, 3.8) is 0 Å². The van der Waals surface area contributed by atoms with E-state index in [4.69, 9.17) is 4.98 Å². The van der Waals surface area contributed by atoms with Crippen LogP contribution in [0, 0.1) is 5.82 Å². The van der Waals surface area contributed by atoms with Crippen molar-refractivity contribution in [1.29, 1.82) is 0 Å². The second-order valence-corrected chi connectivity index (χ2v) is 9.86. The monoisotopic (exact) mass is 491 g/mol. The van der Waals surface area contributed by atoms with Crippen molar-refractivity contribution in [3.05, 3.63) is 70.5 Å². The summed E-state index contributed by atoms with van der Waals surface area (Å²) in [6, 6.07) is 12.4. The molecule has 0 amide bonds. The van der Waals surface area contributed by atoms with Gasteiger partial charge in [-0.25, -0.2) is 9.37 Å². The summed E-state index contributed by atoms with van der Waals surface area (Å²) in [5.41, 5.74) is 2.84. The average Bonchev–Trinajstić information content (AvgIpc) is 2.91. The van der Waals surface area contributed by atoms with Gasteiger partial charge in [-0.3, -0.25) is 19.2 Å². The van der Waals surface area contributed by atoms with Crippen molar-refractivity contribution in [2.45, 2.75) is 25.9 Å².